The lowest BCUT2D eigenvalue weighted by atomic mass is 9.48. The number of esters is 1. The molecule has 1 aromatic carbocycles. The molecule has 4 saturated carbocycles. The second-order valence-corrected chi connectivity index (χ2v) is 11.1. The number of hydrogen-bond donors (Lipinski definition) is 1. The molecule has 0 aromatic heterocycles. The molecule has 1 N–H and O–H groups in total. The summed E-state index contributed by atoms with van der Waals surface area (Å²) in [5.41, 5.74) is -0.287. The molecule has 5 rings (SSSR count). The quantitative estimate of drug-likeness (QED) is 0.551. The largest absolute Gasteiger partial charge is 0.494 e. The predicted octanol–water partition coefficient (Wildman–Crippen LogP) is 3.08. The number of rotatable bonds is 10. The minimum Gasteiger partial charge on any atom is -0.494 e. The van der Waals surface area contributed by atoms with Crippen LogP contribution in [0.1, 0.15) is 51.9 Å². The first kappa shape index (κ1) is 22.3. The highest BCUT2D eigenvalue weighted by atomic mass is 32.2. The molecule has 8 heteroatoms. The lowest BCUT2D eigenvalue weighted by Gasteiger charge is -2.55. The fourth-order valence-corrected chi connectivity index (χ4v) is 7.11. The average Bonchev–Trinajstić information content (AvgIpc) is 2.71. The summed E-state index contributed by atoms with van der Waals surface area (Å²) in [5, 5.41) is 0. The summed E-state index contributed by atoms with van der Waals surface area (Å²) in [4.78, 5) is 25.1. The molecule has 4 aliphatic rings. The van der Waals surface area contributed by atoms with Crippen molar-refractivity contribution in [3.05, 3.63) is 24.3 Å². The number of Topliss-reactive ketones (excluding diaryl/α,β-unsaturated/α-hetero) is 1. The Bertz CT molecular complexity index is 889. The van der Waals surface area contributed by atoms with Crippen LogP contribution in [0.25, 0.3) is 0 Å². The molecule has 0 aliphatic heterocycles. The second kappa shape index (κ2) is 8.90. The number of ether oxygens (including phenoxy) is 2. The van der Waals surface area contributed by atoms with E-state index in [9.17, 15) is 18.0 Å². The van der Waals surface area contributed by atoms with Crippen LogP contribution in [-0.4, -0.2) is 39.9 Å². The van der Waals surface area contributed by atoms with Gasteiger partial charge in [0, 0.05) is 12.0 Å². The lowest BCUT2D eigenvalue weighted by molar-refractivity contribution is -0.157. The van der Waals surface area contributed by atoms with Gasteiger partial charge in [-0.15, -0.1) is 0 Å². The smallest absolute Gasteiger partial charge is 0.307 e. The van der Waals surface area contributed by atoms with Crippen LogP contribution in [0.2, 0.25) is 0 Å². The van der Waals surface area contributed by atoms with Gasteiger partial charge in [0.1, 0.15) is 5.75 Å². The number of carbonyl (C=O) groups excluding carboxylic acids is 2. The number of carbonyl (C=O) groups is 2. The molecule has 4 bridgehead atoms. The summed E-state index contributed by atoms with van der Waals surface area (Å²) in [5.74, 6) is 2.05. The van der Waals surface area contributed by atoms with Crippen LogP contribution >= 0.6 is 0 Å². The van der Waals surface area contributed by atoms with E-state index in [0.717, 1.165) is 19.3 Å². The third-order valence-corrected chi connectivity index (χ3v) is 8.54. The Balaban J connectivity index is 1.22. The molecule has 4 fully saturated rings. The summed E-state index contributed by atoms with van der Waals surface area (Å²) in [7, 11) is -3.73. The van der Waals surface area contributed by atoms with Crippen molar-refractivity contribution in [3.8, 4) is 5.75 Å². The number of hydrogen-bond acceptors (Lipinski definition) is 6. The van der Waals surface area contributed by atoms with Crippen molar-refractivity contribution in [3.63, 3.8) is 0 Å². The van der Waals surface area contributed by atoms with Gasteiger partial charge in [-0.1, -0.05) is 0 Å². The van der Waals surface area contributed by atoms with Gasteiger partial charge >= 0.3 is 5.97 Å². The van der Waals surface area contributed by atoms with E-state index < -0.39 is 16.0 Å². The van der Waals surface area contributed by atoms with Crippen molar-refractivity contribution in [2.75, 3.05) is 19.8 Å². The minimum absolute atomic E-state index is 0.0509. The highest BCUT2D eigenvalue weighted by Gasteiger charge is 2.54. The Hall–Kier alpha value is -1.93. The van der Waals surface area contributed by atoms with Crippen LogP contribution in [0, 0.1) is 23.2 Å². The zero-order valence-electron chi connectivity index (χ0n) is 18.0. The number of sulfonamides is 1. The third kappa shape index (κ3) is 4.95. The molecule has 0 unspecified atom stereocenters. The molecule has 31 heavy (non-hydrogen) atoms. The highest BCUT2D eigenvalue weighted by Crippen LogP contribution is 2.60. The SMILES string of the molecule is CCOc1ccc(S(=O)(=O)NCCC(=O)OCC(=O)C23CC4CC(CC(C4)C2)C3)cc1. The minimum atomic E-state index is -3.73. The Morgan fingerprint density at radius 1 is 1.03 bits per heavy atom. The molecule has 4 aliphatic carbocycles. The Morgan fingerprint density at radius 3 is 2.16 bits per heavy atom. The van der Waals surface area contributed by atoms with E-state index in [1.807, 2.05) is 6.92 Å². The van der Waals surface area contributed by atoms with Gasteiger partial charge in [-0.25, -0.2) is 13.1 Å². The van der Waals surface area contributed by atoms with Crippen LogP contribution in [0.4, 0.5) is 0 Å². The Kier molecular flexibility index (Phi) is 6.40. The molecule has 0 atom stereocenters. The van der Waals surface area contributed by atoms with Gasteiger partial charge in [-0.2, -0.15) is 0 Å². The van der Waals surface area contributed by atoms with Crippen molar-refractivity contribution in [1.82, 2.24) is 4.72 Å². The maximum atomic E-state index is 12.9. The van der Waals surface area contributed by atoms with Gasteiger partial charge in [0.2, 0.25) is 10.0 Å². The predicted molar refractivity (Wildman–Crippen MR) is 114 cm³/mol. The molecule has 0 amide bonds. The maximum Gasteiger partial charge on any atom is 0.307 e. The van der Waals surface area contributed by atoms with Crippen molar-refractivity contribution < 1.29 is 27.5 Å². The number of benzene rings is 1. The molecule has 0 saturated heterocycles. The van der Waals surface area contributed by atoms with Gasteiger partial charge in [0.05, 0.1) is 17.9 Å². The highest BCUT2D eigenvalue weighted by molar-refractivity contribution is 7.89. The van der Waals surface area contributed by atoms with Crippen LogP contribution in [-0.2, 0) is 24.3 Å². The summed E-state index contributed by atoms with van der Waals surface area (Å²) < 4.78 is 37.6. The van der Waals surface area contributed by atoms with Gasteiger partial charge in [0.15, 0.2) is 12.4 Å². The van der Waals surface area contributed by atoms with E-state index in [4.69, 9.17) is 9.47 Å². The molecule has 0 radical (unpaired) electrons. The van der Waals surface area contributed by atoms with Gasteiger partial charge in [-0.3, -0.25) is 9.59 Å². The molecular weight excluding hydrogens is 418 g/mol. The zero-order valence-corrected chi connectivity index (χ0v) is 18.8. The fraction of sp³-hybridized carbons (Fsp3) is 0.652. The van der Waals surface area contributed by atoms with E-state index in [1.54, 1.807) is 12.1 Å². The van der Waals surface area contributed by atoms with E-state index in [-0.39, 0.29) is 35.7 Å². The van der Waals surface area contributed by atoms with Crippen LogP contribution in [0.5, 0.6) is 5.75 Å². The fourth-order valence-electron chi connectivity index (χ4n) is 6.08. The molecule has 0 heterocycles. The first-order chi connectivity index (χ1) is 14.8. The van der Waals surface area contributed by atoms with Crippen LogP contribution < -0.4 is 9.46 Å². The summed E-state index contributed by atoms with van der Waals surface area (Å²) in [6, 6.07) is 6.08. The molecular formula is C23H31NO6S. The van der Waals surface area contributed by atoms with E-state index >= 15 is 0 Å². The van der Waals surface area contributed by atoms with Crippen molar-refractivity contribution >= 4 is 21.8 Å². The third-order valence-electron chi connectivity index (χ3n) is 7.06. The maximum absolute atomic E-state index is 12.9. The lowest BCUT2D eigenvalue weighted by Crippen LogP contribution is -2.51. The zero-order chi connectivity index (χ0) is 22.1. The van der Waals surface area contributed by atoms with Crippen molar-refractivity contribution in [2.45, 2.75) is 56.8 Å². The van der Waals surface area contributed by atoms with E-state index in [1.165, 1.54) is 31.4 Å². The van der Waals surface area contributed by atoms with Crippen LogP contribution in [0.3, 0.4) is 0 Å². The summed E-state index contributed by atoms with van der Waals surface area (Å²) in [6.45, 7) is 2.07. The van der Waals surface area contributed by atoms with Gasteiger partial charge < -0.3 is 9.47 Å². The van der Waals surface area contributed by atoms with Crippen molar-refractivity contribution in [1.29, 1.82) is 0 Å². The Morgan fingerprint density at radius 2 is 1.61 bits per heavy atom. The molecule has 170 valence electrons. The van der Waals surface area contributed by atoms with E-state index in [0.29, 0.717) is 30.1 Å². The number of ketones is 1. The molecule has 1 aromatic rings. The monoisotopic (exact) mass is 449 g/mol. The second-order valence-electron chi connectivity index (χ2n) is 9.33. The Labute approximate surface area is 183 Å². The average molecular weight is 450 g/mol. The topological polar surface area (TPSA) is 98.8 Å². The molecule has 7 nitrogen and oxygen atoms in total. The van der Waals surface area contributed by atoms with Gasteiger partial charge in [-0.05, 0) is 87.5 Å². The first-order valence-corrected chi connectivity index (χ1v) is 12.7. The van der Waals surface area contributed by atoms with Gasteiger partial charge in [0.25, 0.3) is 0 Å². The molecule has 0 spiro atoms. The standard InChI is InChI=1S/C23H31NO6S/c1-2-29-19-3-5-20(6-4-19)31(27,28)24-8-7-22(26)30-15-21(25)23-12-16-9-17(13-23)11-18(10-16)14-23/h3-6,16-18,24H,2,7-15H2,1H3. The van der Waals surface area contributed by atoms with Crippen molar-refractivity contribution in [2.24, 2.45) is 23.2 Å². The van der Waals surface area contributed by atoms with Crippen LogP contribution in [0.15, 0.2) is 29.2 Å². The summed E-state index contributed by atoms with van der Waals surface area (Å²) >= 11 is 0. The number of nitrogens with one attached hydrogen (secondary N) is 1. The van der Waals surface area contributed by atoms with E-state index in [2.05, 4.69) is 4.72 Å². The normalized spacial score (nSPS) is 29.0. The summed E-state index contributed by atoms with van der Waals surface area (Å²) in [6.07, 6.45) is 6.46. The first-order valence-electron chi connectivity index (χ1n) is 11.2.